The number of rotatable bonds is 4. The van der Waals surface area contributed by atoms with E-state index in [1.165, 1.54) is 0 Å². The van der Waals surface area contributed by atoms with Gasteiger partial charge in [0.2, 0.25) is 0 Å². The van der Waals surface area contributed by atoms with Crippen LogP contribution in [-0.2, 0) is 28.6 Å². The lowest BCUT2D eigenvalue weighted by atomic mass is 9.85. The highest BCUT2D eigenvalue weighted by molar-refractivity contribution is 5.93. The van der Waals surface area contributed by atoms with E-state index in [0.29, 0.717) is 18.4 Å². The lowest BCUT2D eigenvalue weighted by Gasteiger charge is -2.26. The zero-order valence-corrected chi connectivity index (χ0v) is 16.0. The van der Waals surface area contributed by atoms with E-state index in [1.807, 2.05) is 26.8 Å². The number of carbonyl (C=O) groups excluding carboxylic acids is 3. The third-order valence-electron chi connectivity index (χ3n) is 5.46. The Morgan fingerprint density at radius 3 is 2.70 bits per heavy atom. The van der Waals surface area contributed by atoms with Crippen molar-refractivity contribution in [2.24, 2.45) is 11.8 Å². The molecule has 146 valence electrons. The molecule has 6 heteroatoms. The Morgan fingerprint density at radius 1 is 1.26 bits per heavy atom. The maximum Gasteiger partial charge on any atom is 0.334 e. The first-order chi connectivity index (χ1) is 12.8. The van der Waals surface area contributed by atoms with Crippen molar-refractivity contribution >= 4 is 17.9 Å². The Labute approximate surface area is 159 Å². The molecule has 0 aromatic rings. The van der Waals surface area contributed by atoms with Gasteiger partial charge in [-0.1, -0.05) is 32.4 Å². The summed E-state index contributed by atoms with van der Waals surface area (Å²) in [5.41, 5.74) is 1.69. The minimum absolute atomic E-state index is 0.217. The Bertz CT molecular complexity index is 731. The molecule has 1 saturated heterocycles. The molecule has 2 bridgehead atoms. The van der Waals surface area contributed by atoms with Crippen LogP contribution in [0.1, 0.15) is 46.5 Å². The van der Waals surface area contributed by atoms with Crippen LogP contribution in [0.25, 0.3) is 0 Å². The summed E-state index contributed by atoms with van der Waals surface area (Å²) in [5, 5.41) is 0. The summed E-state index contributed by atoms with van der Waals surface area (Å²) in [7, 11) is 0. The molecule has 6 nitrogen and oxygen atoms in total. The fourth-order valence-electron chi connectivity index (χ4n) is 3.74. The zero-order chi connectivity index (χ0) is 19.7. The van der Waals surface area contributed by atoms with Crippen molar-refractivity contribution in [2.45, 2.75) is 64.8 Å². The van der Waals surface area contributed by atoms with Crippen LogP contribution < -0.4 is 0 Å². The van der Waals surface area contributed by atoms with Gasteiger partial charge in [0.25, 0.3) is 0 Å². The van der Waals surface area contributed by atoms with Crippen molar-refractivity contribution in [1.82, 2.24) is 0 Å². The van der Waals surface area contributed by atoms with E-state index in [0.717, 1.165) is 12.0 Å². The van der Waals surface area contributed by atoms with Gasteiger partial charge in [-0.2, -0.15) is 0 Å². The molecule has 0 aromatic heterocycles. The standard InChI is InChI=1S/C21H26O6/c1-5-11(2)8-18(22)26-16-7-12(3)6-15-9-14(21(24)25-15)10-17-19(16)13(4)20(23)27-17/h7,9,11,15-17,19H,4-6,8,10H2,1-3H3/b12-7+/t11?,15?,16-,17+,19+/m1/s1. The number of hydrogen-bond donors (Lipinski definition) is 0. The normalized spacial score (nSPS) is 33.2. The first kappa shape index (κ1) is 19.4. The van der Waals surface area contributed by atoms with Crippen LogP contribution in [0, 0.1) is 11.8 Å². The number of fused-ring (bicyclic) bond motifs is 2. The van der Waals surface area contributed by atoms with E-state index in [4.69, 9.17) is 14.2 Å². The number of hydrogen-bond acceptors (Lipinski definition) is 6. The fourth-order valence-corrected chi connectivity index (χ4v) is 3.74. The van der Waals surface area contributed by atoms with Crippen LogP contribution in [0.3, 0.4) is 0 Å². The molecule has 0 aromatic carbocycles. The smallest absolute Gasteiger partial charge is 0.334 e. The Morgan fingerprint density at radius 2 is 2.00 bits per heavy atom. The summed E-state index contributed by atoms with van der Waals surface area (Å²) in [6.45, 7) is 9.76. The molecule has 2 aliphatic heterocycles. The van der Waals surface area contributed by atoms with Crippen LogP contribution in [0.2, 0.25) is 0 Å². The molecular formula is C21H26O6. The Balaban J connectivity index is 1.90. The molecule has 2 heterocycles. The van der Waals surface area contributed by atoms with Gasteiger partial charge < -0.3 is 14.2 Å². The summed E-state index contributed by atoms with van der Waals surface area (Å²) >= 11 is 0. The molecule has 3 aliphatic rings. The molecule has 0 amide bonds. The average Bonchev–Trinajstić information content (AvgIpc) is 3.05. The topological polar surface area (TPSA) is 78.9 Å². The predicted molar refractivity (Wildman–Crippen MR) is 97.4 cm³/mol. The molecule has 1 aliphatic carbocycles. The van der Waals surface area contributed by atoms with Gasteiger partial charge in [0.1, 0.15) is 18.3 Å². The summed E-state index contributed by atoms with van der Waals surface area (Å²) in [6.07, 6.45) is 3.98. The lowest BCUT2D eigenvalue weighted by molar-refractivity contribution is -0.151. The number of ether oxygens (including phenoxy) is 3. The minimum atomic E-state index is -0.654. The third kappa shape index (κ3) is 4.15. The molecule has 27 heavy (non-hydrogen) atoms. The van der Waals surface area contributed by atoms with Crippen LogP contribution >= 0.6 is 0 Å². The van der Waals surface area contributed by atoms with Crippen molar-refractivity contribution in [1.29, 1.82) is 0 Å². The highest BCUT2D eigenvalue weighted by Gasteiger charge is 2.46. The second-order valence-electron chi connectivity index (χ2n) is 7.72. The van der Waals surface area contributed by atoms with Crippen molar-refractivity contribution in [3.05, 3.63) is 35.5 Å². The molecular weight excluding hydrogens is 348 g/mol. The average molecular weight is 374 g/mol. The summed E-state index contributed by atoms with van der Waals surface area (Å²) in [5.74, 6) is -1.50. The first-order valence-electron chi connectivity index (χ1n) is 9.46. The summed E-state index contributed by atoms with van der Waals surface area (Å²) < 4.78 is 16.6. The zero-order valence-electron chi connectivity index (χ0n) is 16.0. The van der Waals surface area contributed by atoms with E-state index >= 15 is 0 Å². The van der Waals surface area contributed by atoms with Crippen LogP contribution in [-0.4, -0.2) is 36.2 Å². The molecule has 0 spiro atoms. The molecule has 2 unspecified atom stereocenters. The van der Waals surface area contributed by atoms with Gasteiger partial charge in [0.15, 0.2) is 0 Å². The van der Waals surface area contributed by atoms with Gasteiger partial charge in [0.05, 0.1) is 5.92 Å². The highest BCUT2D eigenvalue weighted by atomic mass is 16.6. The largest absolute Gasteiger partial charge is 0.458 e. The highest BCUT2D eigenvalue weighted by Crippen LogP contribution is 2.38. The maximum absolute atomic E-state index is 12.4. The molecule has 0 N–H and O–H groups in total. The van der Waals surface area contributed by atoms with Gasteiger partial charge in [-0.15, -0.1) is 0 Å². The number of esters is 3. The Hall–Kier alpha value is -2.37. The monoisotopic (exact) mass is 374 g/mol. The van der Waals surface area contributed by atoms with Crippen molar-refractivity contribution in [3.63, 3.8) is 0 Å². The predicted octanol–water partition coefficient (Wildman–Crippen LogP) is 3.02. The van der Waals surface area contributed by atoms with Gasteiger partial charge in [-0.05, 0) is 25.0 Å². The summed E-state index contributed by atoms with van der Waals surface area (Å²) in [4.78, 5) is 36.7. The molecule has 5 atom stereocenters. The summed E-state index contributed by atoms with van der Waals surface area (Å²) in [6, 6.07) is 0. The second-order valence-corrected chi connectivity index (χ2v) is 7.72. The van der Waals surface area contributed by atoms with Crippen molar-refractivity contribution < 1.29 is 28.6 Å². The lowest BCUT2D eigenvalue weighted by Crippen LogP contribution is -2.33. The third-order valence-corrected chi connectivity index (χ3v) is 5.46. The quantitative estimate of drug-likeness (QED) is 0.326. The van der Waals surface area contributed by atoms with Crippen LogP contribution in [0.15, 0.2) is 35.5 Å². The van der Waals surface area contributed by atoms with E-state index < -0.39 is 24.1 Å². The Kier molecular flexibility index (Phi) is 5.53. The molecule has 0 radical (unpaired) electrons. The molecule has 1 fully saturated rings. The number of carbonyl (C=O) groups is 3. The van der Waals surface area contributed by atoms with Gasteiger partial charge in [0, 0.05) is 30.4 Å². The van der Waals surface area contributed by atoms with Crippen molar-refractivity contribution in [3.8, 4) is 0 Å². The fraction of sp³-hybridized carbons (Fsp3) is 0.571. The van der Waals surface area contributed by atoms with Gasteiger partial charge in [-0.3, -0.25) is 4.79 Å². The van der Waals surface area contributed by atoms with Gasteiger partial charge >= 0.3 is 17.9 Å². The van der Waals surface area contributed by atoms with E-state index in [1.54, 1.807) is 6.08 Å². The van der Waals surface area contributed by atoms with E-state index in [2.05, 4.69) is 6.58 Å². The molecule has 3 rings (SSSR count). The molecule has 0 saturated carbocycles. The maximum atomic E-state index is 12.4. The SMILES string of the molecule is C=C1C(=O)O[C@H]2CC3=CC(C/C(C)=C/[C@@H](OC(=O)CC(C)CC)[C@H]12)OC3=O. The van der Waals surface area contributed by atoms with Crippen molar-refractivity contribution in [2.75, 3.05) is 0 Å². The first-order valence-corrected chi connectivity index (χ1v) is 9.46. The second kappa shape index (κ2) is 7.71. The van der Waals surface area contributed by atoms with Crippen LogP contribution in [0.4, 0.5) is 0 Å². The minimum Gasteiger partial charge on any atom is -0.458 e. The van der Waals surface area contributed by atoms with Crippen LogP contribution in [0.5, 0.6) is 0 Å². The van der Waals surface area contributed by atoms with Gasteiger partial charge in [-0.25, -0.2) is 9.59 Å². The van der Waals surface area contributed by atoms with E-state index in [-0.39, 0.29) is 36.0 Å². The van der Waals surface area contributed by atoms with E-state index in [9.17, 15) is 14.4 Å².